The maximum atomic E-state index is 2.42. The molecule has 7 aromatic rings. The highest BCUT2D eigenvalue weighted by Gasteiger charge is 2.17. The van der Waals surface area contributed by atoms with Gasteiger partial charge in [0.1, 0.15) is 0 Å². The lowest BCUT2D eigenvalue weighted by atomic mass is 9.91. The third-order valence-electron chi connectivity index (χ3n) is 8.53. The lowest BCUT2D eigenvalue weighted by Gasteiger charge is -2.25. The number of thiophene rings is 1. The second-order valence-electron chi connectivity index (χ2n) is 11.3. The Balaban J connectivity index is 1.15. The van der Waals surface area contributed by atoms with Gasteiger partial charge in [-0.1, -0.05) is 115 Å². The van der Waals surface area contributed by atoms with Gasteiger partial charge in [-0.15, -0.1) is 11.3 Å². The van der Waals surface area contributed by atoms with Gasteiger partial charge in [0.25, 0.3) is 0 Å². The first-order valence-corrected chi connectivity index (χ1v) is 16.1. The fourth-order valence-corrected chi connectivity index (χ4v) is 7.57. The summed E-state index contributed by atoms with van der Waals surface area (Å²) in [7, 11) is 0. The molecule has 0 amide bonds. The zero-order valence-corrected chi connectivity index (χ0v) is 25.2. The molecule has 0 saturated heterocycles. The summed E-state index contributed by atoms with van der Waals surface area (Å²) in [5.74, 6) is 0. The number of allylic oxidation sites excluding steroid dienone is 1. The average molecular weight is 582 g/mol. The van der Waals surface area contributed by atoms with E-state index in [9.17, 15) is 0 Å². The standard InChI is InChI=1S/C42H31NS/c1-4-12-32(13-5-1)38-28-40-37-18-10-11-19-41(37)44-42(40)29-39(38)33-22-20-30(21-23-33)31-24-26-36(27-25-31)43(34-14-6-2-7-15-34)35-16-8-3-9-17-35/h1-10,12-18,20-29H,11,19H2. The van der Waals surface area contributed by atoms with Gasteiger partial charge < -0.3 is 4.90 Å². The first-order chi connectivity index (χ1) is 21.8. The lowest BCUT2D eigenvalue weighted by molar-refractivity contribution is 1.02. The quantitative estimate of drug-likeness (QED) is 0.189. The molecule has 0 aliphatic heterocycles. The molecule has 0 spiro atoms. The second kappa shape index (κ2) is 11.5. The molecule has 44 heavy (non-hydrogen) atoms. The molecule has 210 valence electrons. The summed E-state index contributed by atoms with van der Waals surface area (Å²) < 4.78 is 1.37. The number of benzene rings is 6. The van der Waals surface area contributed by atoms with Crippen LogP contribution in [0.3, 0.4) is 0 Å². The summed E-state index contributed by atoms with van der Waals surface area (Å²) in [4.78, 5) is 3.81. The molecule has 1 heterocycles. The highest BCUT2D eigenvalue weighted by molar-refractivity contribution is 7.19. The number of nitrogens with zero attached hydrogens (tertiary/aromatic N) is 1. The van der Waals surface area contributed by atoms with Gasteiger partial charge in [0.15, 0.2) is 0 Å². The van der Waals surface area contributed by atoms with Crippen LogP contribution in [0, 0.1) is 0 Å². The molecule has 0 radical (unpaired) electrons. The van der Waals surface area contributed by atoms with Gasteiger partial charge in [0.05, 0.1) is 0 Å². The Hall–Kier alpha value is -5.18. The molecular weight excluding hydrogens is 551 g/mol. The molecule has 0 fully saturated rings. The Morgan fingerprint density at radius 2 is 0.977 bits per heavy atom. The van der Waals surface area contributed by atoms with Crippen molar-refractivity contribution in [3.05, 3.63) is 168 Å². The molecule has 1 nitrogen and oxygen atoms in total. The van der Waals surface area contributed by atoms with E-state index in [-0.39, 0.29) is 0 Å². The molecule has 8 rings (SSSR count). The first kappa shape index (κ1) is 26.4. The normalized spacial score (nSPS) is 12.3. The third kappa shape index (κ3) is 4.94. The van der Waals surface area contributed by atoms with Crippen LogP contribution in [-0.4, -0.2) is 0 Å². The summed E-state index contributed by atoms with van der Waals surface area (Å²) in [5, 5.41) is 1.38. The minimum absolute atomic E-state index is 1.14. The van der Waals surface area contributed by atoms with Crippen LogP contribution in [0.2, 0.25) is 0 Å². The van der Waals surface area contributed by atoms with E-state index in [2.05, 4.69) is 169 Å². The van der Waals surface area contributed by atoms with Gasteiger partial charge in [-0.25, -0.2) is 0 Å². The molecule has 6 aromatic carbocycles. The van der Waals surface area contributed by atoms with E-state index in [1.165, 1.54) is 53.9 Å². The molecule has 0 unspecified atom stereocenters. The van der Waals surface area contributed by atoms with Crippen molar-refractivity contribution < 1.29 is 0 Å². The monoisotopic (exact) mass is 581 g/mol. The van der Waals surface area contributed by atoms with Crippen molar-refractivity contribution in [3.8, 4) is 33.4 Å². The largest absolute Gasteiger partial charge is 0.311 e. The van der Waals surface area contributed by atoms with Crippen molar-refractivity contribution in [2.24, 2.45) is 0 Å². The van der Waals surface area contributed by atoms with E-state index in [4.69, 9.17) is 0 Å². The highest BCUT2D eigenvalue weighted by Crippen LogP contribution is 2.43. The Bertz CT molecular complexity index is 2030. The number of fused-ring (bicyclic) bond motifs is 3. The molecule has 0 saturated carbocycles. The molecule has 0 atom stereocenters. The van der Waals surface area contributed by atoms with Crippen molar-refractivity contribution in [2.75, 3.05) is 4.90 Å². The average Bonchev–Trinajstić information content (AvgIpc) is 3.47. The van der Waals surface area contributed by atoms with E-state index >= 15 is 0 Å². The van der Waals surface area contributed by atoms with Crippen LogP contribution in [0.15, 0.2) is 158 Å². The van der Waals surface area contributed by atoms with Crippen LogP contribution in [0.5, 0.6) is 0 Å². The maximum Gasteiger partial charge on any atom is 0.0462 e. The van der Waals surface area contributed by atoms with Gasteiger partial charge in [-0.3, -0.25) is 0 Å². The van der Waals surface area contributed by atoms with Gasteiger partial charge in [-0.2, -0.15) is 0 Å². The van der Waals surface area contributed by atoms with Crippen molar-refractivity contribution in [1.29, 1.82) is 0 Å². The minimum Gasteiger partial charge on any atom is -0.311 e. The van der Waals surface area contributed by atoms with E-state index in [1.807, 2.05) is 11.3 Å². The van der Waals surface area contributed by atoms with Crippen LogP contribution in [-0.2, 0) is 6.42 Å². The zero-order valence-electron chi connectivity index (χ0n) is 24.4. The van der Waals surface area contributed by atoms with Crippen LogP contribution in [0.1, 0.15) is 16.9 Å². The number of hydrogen-bond acceptors (Lipinski definition) is 2. The first-order valence-electron chi connectivity index (χ1n) is 15.2. The maximum absolute atomic E-state index is 2.42. The zero-order chi connectivity index (χ0) is 29.3. The number of rotatable bonds is 6. The van der Waals surface area contributed by atoms with E-state index in [1.54, 1.807) is 0 Å². The minimum atomic E-state index is 1.14. The fourth-order valence-electron chi connectivity index (χ4n) is 6.34. The molecule has 1 aliphatic carbocycles. The Labute approximate surface area is 263 Å². The number of para-hydroxylation sites is 2. The van der Waals surface area contributed by atoms with Crippen LogP contribution < -0.4 is 4.90 Å². The number of hydrogen-bond donors (Lipinski definition) is 0. The Morgan fingerprint density at radius 3 is 1.61 bits per heavy atom. The second-order valence-corrected chi connectivity index (χ2v) is 12.4. The topological polar surface area (TPSA) is 3.24 Å². The third-order valence-corrected chi connectivity index (χ3v) is 9.76. The summed E-state index contributed by atoms with van der Waals surface area (Å²) in [5.41, 5.74) is 12.3. The fraction of sp³-hybridized carbons (Fsp3) is 0.0476. The van der Waals surface area contributed by atoms with Gasteiger partial charge in [-0.05, 0) is 100 Å². The van der Waals surface area contributed by atoms with Crippen molar-refractivity contribution >= 4 is 44.6 Å². The Morgan fingerprint density at radius 1 is 0.477 bits per heavy atom. The van der Waals surface area contributed by atoms with Crippen molar-refractivity contribution in [3.63, 3.8) is 0 Å². The van der Waals surface area contributed by atoms with E-state index in [0.717, 1.165) is 29.9 Å². The molecule has 0 N–H and O–H groups in total. The van der Waals surface area contributed by atoms with Gasteiger partial charge in [0.2, 0.25) is 0 Å². The van der Waals surface area contributed by atoms with Gasteiger partial charge >= 0.3 is 0 Å². The number of anilines is 3. The molecule has 2 heteroatoms. The van der Waals surface area contributed by atoms with E-state index in [0.29, 0.717) is 0 Å². The molecule has 0 bridgehead atoms. The number of aryl methyl sites for hydroxylation is 1. The summed E-state index contributed by atoms with van der Waals surface area (Å²) in [6, 6.07) is 54.7. The van der Waals surface area contributed by atoms with Gasteiger partial charge in [0, 0.05) is 32.0 Å². The molecular formula is C42H31NS. The Kier molecular flexibility index (Phi) is 6.90. The van der Waals surface area contributed by atoms with Crippen molar-refractivity contribution in [2.45, 2.75) is 12.8 Å². The summed E-state index contributed by atoms with van der Waals surface area (Å²) >= 11 is 1.96. The predicted octanol–water partition coefficient (Wildman–Crippen LogP) is 12.3. The van der Waals surface area contributed by atoms with Crippen molar-refractivity contribution in [1.82, 2.24) is 0 Å². The molecule has 1 aromatic heterocycles. The SMILES string of the molecule is C1=Cc2c(sc3cc(-c4ccc(-c5ccc(N(c6ccccc6)c6ccccc6)cc5)cc4)c(-c4ccccc4)cc23)CC1. The summed E-state index contributed by atoms with van der Waals surface area (Å²) in [6.45, 7) is 0. The summed E-state index contributed by atoms with van der Waals surface area (Å²) in [6.07, 6.45) is 6.92. The lowest BCUT2D eigenvalue weighted by Crippen LogP contribution is -2.09. The molecule has 1 aliphatic rings. The van der Waals surface area contributed by atoms with Crippen LogP contribution in [0.25, 0.3) is 49.5 Å². The van der Waals surface area contributed by atoms with Crippen LogP contribution in [0.4, 0.5) is 17.1 Å². The highest BCUT2D eigenvalue weighted by atomic mass is 32.1. The van der Waals surface area contributed by atoms with Crippen LogP contribution >= 0.6 is 11.3 Å². The van der Waals surface area contributed by atoms with E-state index < -0.39 is 0 Å². The predicted molar refractivity (Wildman–Crippen MR) is 190 cm³/mol. The smallest absolute Gasteiger partial charge is 0.0462 e.